The van der Waals surface area contributed by atoms with Crippen LogP contribution in [0.25, 0.3) is 0 Å². The van der Waals surface area contributed by atoms with Gasteiger partial charge in [-0.2, -0.15) is 0 Å². The van der Waals surface area contributed by atoms with E-state index in [2.05, 4.69) is 27.7 Å². The summed E-state index contributed by atoms with van der Waals surface area (Å²) in [5.41, 5.74) is 0. The first-order valence-electron chi connectivity index (χ1n) is 5.30. The van der Waals surface area contributed by atoms with Gasteiger partial charge >= 0.3 is 0 Å². The van der Waals surface area contributed by atoms with Crippen LogP contribution in [0.2, 0.25) is 0 Å². The van der Waals surface area contributed by atoms with Crippen LogP contribution in [0.15, 0.2) is 0 Å². The molecule has 72 valence electrons. The second-order valence-corrected chi connectivity index (χ2v) is 4.45. The van der Waals surface area contributed by atoms with E-state index in [1.165, 1.54) is 19.3 Å². The summed E-state index contributed by atoms with van der Waals surface area (Å²) >= 11 is 0. The van der Waals surface area contributed by atoms with Crippen molar-refractivity contribution >= 4 is 0 Å². The van der Waals surface area contributed by atoms with Crippen molar-refractivity contribution in [3.63, 3.8) is 0 Å². The zero-order valence-corrected chi connectivity index (χ0v) is 8.84. The molecule has 12 heavy (non-hydrogen) atoms. The Morgan fingerprint density at radius 1 is 1.25 bits per heavy atom. The van der Waals surface area contributed by atoms with E-state index in [0.29, 0.717) is 12.2 Å². The van der Waals surface area contributed by atoms with Crippen molar-refractivity contribution in [3.8, 4) is 0 Å². The standard InChI is InChI=1S/C11H22O/c1-5-10(7-6-8(2)3)11-9(4)12-11/h8-11H,5-7H2,1-4H3. The molecule has 1 heteroatoms. The predicted octanol–water partition coefficient (Wildman–Crippen LogP) is 3.24. The third-order valence-corrected chi connectivity index (χ3v) is 2.86. The minimum Gasteiger partial charge on any atom is -0.370 e. The molecule has 0 amide bonds. The fraction of sp³-hybridized carbons (Fsp3) is 1.00. The second kappa shape index (κ2) is 4.27. The largest absolute Gasteiger partial charge is 0.370 e. The summed E-state index contributed by atoms with van der Waals surface area (Å²) in [6.45, 7) is 9.05. The van der Waals surface area contributed by atoms with Gasteiger partial charge in [-0.25, -0.2) is 0 Å². The first-order valence-corrected chi connectivity index (χ1v) is 5.30. The van der Waals surface area contributed by atoms with Gasteiger partial charge in [-0.1, -0.05) is 33.6 Å². The van der Waals surface area contributed by atoms with Gasteiger partial charge in [-0.05, 0) is 25.2 Å². The maximum atomic E-state index is 5.50. The van der Waals surface area contributed by atoms with Crippen LogP contribution >= 0.6 is 0 Å². The average molecular weight is 170 g/mol. The van der Waals surface area contributed by atoms with E-state index in [-0.39, 0.29) is 0 Å². The highest BCUT2D eigenvalue weighted by atomic mass is 16.6. The first kappa shape index (κ1) is 10.0. The molecule has 3 atom stereocenters. The Balaban J connectivity index is 2.17. The van der Waals surface area contributed by atoms with Gasteiger partial charge in [0.1, 0.15) is 0 Å². The zero-order chi connectivity index (χ0) is 9.14. The fourth-order valence-electron chi connectivity index (χ4n) is 1.84. The van der Waals surface area contributed by atoms with E-state index in [0.717, 1.165) is 11.8 Å². The Kier molecular flexibility index (Phi) is 3.57. The van der Waals surface area contributed by atoms with Crippen LogP contribution in [0, 0.1) is 11.8 Å². The molecule has 0 spiro atoms. The summed E-state index contributed by atoms with van der Waals surface area (Å²) in [5, 5.41) is 0. The Morgan fingerprint density at radius 2 is 1.83 bits per heavy atom. The third-order valence-electron chi connectivity index (χ3n) is 2.86. The van der Waals surface area contributed by atoms with Crippen molar-refractivity contribution in [2.24, 2.45) is 11.8 Å². The van der Waals surface area contributed by atoms with Gasteiger partial charge in [-0.15, -0.1) is 0 Å². The summed E-state index contributed by atoms with van der Waals surface area (Å²) in [6, 6.07) is 0. The lowest BCUT2D eigenvalue weighted by atomic mass is 9.92. The van der Waals surface area contributed by atoms with Crippen LogP contribution in [-0.2, 0) is 4.74 Å². The van der Waals surface area contributed by atoms with Crippen LogP contribution in [0.3, 0.4) is 0 Å². The third kappa shape index (κ3) is 2.78. The molecule has 1 aliphatic heterocycles. The number of hydrogen-bond donors (Lipinski definition) is 0. The highest BCUT2D eigenvalue weighted by Crippen LogP contribution is 2.34. The van der Waals surface area contributed by atoms with Crippen molar-refractivity contribution in [3.05, 3.63) is 0 Å². The number of hydrogen-bond acceptors (Lipinski definition) is 1. The minimum absolute atomic E-state index is 0.544. The molecule has 0 aromatic carbocycles. The second-order valence-electron chi connectivity index (χ2n) is 4.45. The van der Waals surface area contributed by atoms with E-state index >= 15 is 0 Å². The zero-order valence-electron chi connectivity index (χ0n) is 8.84. The van der Waals surface area contributed by atoms with Crippen LogP contribution in [0.1, 0.15) is 47.0 Å². The molecule has 3 unspecified atom stereocenters. The molecule has 1 rings (SSSR count). The molecule has 0 aromatic rings. The van der Waals surface area contributed by atoms with Gasteiger partial charge in [-0.3, -0.25) is 0 Å². The van der Waals surface area contributed by atoms with E-state index in [9.17, 15) is 0 Å². The molecule has 0 aliphatic carbocycles. The Hall–Kier alpha value is -0.0400. The quantitative estimate of drug-likeness (QED) is 0.577. The van der Waals surface area contributed by atoms with Gasteiger partial charge in [0, 0.05) is 0 Å². The summed E-state index contributed by atoms with van der Waals surface area (Å²) in [4.78, 5) is 0. The number of epoxide rings is 1. The SMILES string of the molecule is CCC(CCC(C)C)C1OC1C. The molecule has 1 fully saturated rings. The molecule has 1 heterocycles. The minimum atomic E-state index is 0.544. The maximum absolute atomic E-state index is 5.50. The molecule has 0 bridgehead atoms. The smallest absolute Gasteiger partial charge is 0.0866 e. The van der Waals surface area contributed by atoms with E-state index in [1.807, 2.05) is 0 Å². The summed E-state index contributed by atoms with van der Waals surface area (Å²) in [5.74, 6) is 1.66. The lowest BCUT2D eigenvalue weighted by Gasteiger charge is -2.13. The van der Waals surface area contributed by atoms with Crippen molar-refractivity contribution in [1.82, 2.24) is 0 Å². The van der Waals surface area contributed by atoms with Crippen molar-refractivity contribution in [2.75, 3.05) is 0 Å². The molecule has 0 N–H and O–H groups in total. The van der Waals surface area contributed by atoms with E-state index in [4.69, 9.17) is 4.74 Å². The Morgan fingerprint density at radius 3 is 2.17 bits per heavy atom. The lowest BCUT2D eigenvalue weighted by molar-refractivity contribution is 0.290. The Labute approximate surface area is 76.5 Å². The van der Waals surface area contributed by atoms with Gasteiger partial charge in [0.2, 0.25) is 0 Å². The van der Waals surface area contributed by atoms with Crippen LogP contribution in [-0.4, -0.2) is 12.2 Å². The van der Waals surface area contributed by atoms with Crippen LogP contribution in [0.5, 0.6) is 0 Å². The molecule has 1 nitrogen and oxygen atoms in total. The average Bonchev–Trinajstić information content (AvgIpc) is 2.68. The monoisotopic (exact) mass is 170 g/mol. The molecular weight excluding hydrogens is 148 g/mol. The molecule has 0 saturated carbocycles. The molecular formula is C11H22O. The van der Waals surface area contributed by atoms with Gasteiger partial charge < -0.3 is 4.74 Å². The van der Waals surface area contributed by atoms with Crippen molar-refractivity contribution < 1.29 is 4.74 Å². The number of rotatable bonds is 5. The molecule has 0 aromatic heterocycles. The van der Waals surface area contributed by atoms with E-state index < -0.39 is 0 Å². The summed E-state index contributed by atoms with van der Waals surface area (Å²) in [6.07, 6.45) is 5.12. The van der Waals surface area contributed by atoms with Gasteiger partial charge in [0.25, 0.3) is 0 Å². The Bertz CT molecular complexity index is 131. The van der Waals surface area contributed by atoms with Crippen LogP contribution < -0.4 is 0 Å². The lowest BCUT2D eigenvalue weighted by Crippen LogP contribution is -2.10. The van der Waals surface area contributed by atoms with Crippen LogP contribution in [0.4, 0.5) is 0 Å². The highest BCUT2D eigenvalue weighted by Gasteiger charge is 2.39. The topological polar surface area (TPSA) is 12.5 Å². The number of ether oxygens (including phenoxy) is 1. The normalized spacial score (nSPS) is 30.8. The van der Waals surface area contributed by atoms with Gasteiger partial charge in [0.15, 0.2) is 0 Å². The van der Waals surface area contributed by atoms with Crippen molar-refractivity contribution in [1.29, 1.82) is 0 Å². The first-order chi connectivity index (χ1) is 5.65. The molecule has 1 saturated heterocycles. The highest BCUT2D eigenvalue weighted by molar-refractivity contribution is 4.86. The van der Waals surface area contributed by atoms with Crippen molar-refractivity contribution in [2.45, 2.75) is 59.2 Å². The predicted molar refractivity (Wildman–Crippen MR) is 52.2 cm³/mol. The van der Waals surface area contributed by atoms with E-state index in [1.54, 1.807) is 0 Å². The fourth-order valence-corrected chi connectivity index (χ4v) is 1.84. The molecule has 0 radical (unpaired) electrons. The molecule has 1 aliphatic rings. The summed E-state index contributed by atoms with van der Waals surface area (Å²) < 4.78 is 5.50. The maximum Gasteiger partial charge on any atom is 0.0866 e. The van der Waals surface area contributed by atoms with Gasteiger partial charge in [0.05, 0.1) is 12.2 Å². The summed E-state index contributed by atoms with van der Waals surface area (Å²) in [7, 11) is 0.